The molecule has 82 valence electrons. The maximum absolute atomic E-state index is 13.3. The Morgan fingerprint density at radius 2 is 1.87 bits per heavy atom. The van der Waals surface area contributed by atoms with Crippen molar-refractivity contribution in [1.82, 2.24) is 0 Å². The van der Waals surface area contributed by atoms with Crippen molar-refractivity contribution in [3.8, 4) is 0 Å². The molecule has 1 unspecified atom stereocenters. The van der Waals surface area contributed by atoms with Gasteiger partial charge in [0.2, 0.25) is 0 Å². The van der Waals surface area contributed by atoms with Crippen LogP contribution in [-0.4, -0.2) is 11.1 Å². The summed E-state index contributed by atoms with van der Waals surface area (Å²) in [5, 5.41) is 8.66. The maximum atomic E-state index is 13.3. The zero-order chi connectivity index (χ0) is 11.6. The molecule has 1 atom stereocenters. The summed E-state index contributed by atoms with van der Waals surface area (Å²) in [6.07, 6.45) is 0.0739. The highest BCUT2D eigenvalue weighted by Gasteiger charge is 2.12. The van der Waals surface area contributed by atoms with Crippen LogP contribution in [-0.2, 0) is 4.79 Å². The van der Waals surface area contributed by atoms with Gasteiger partial charge in [0.25, 0.3) is 0 Å². The fraction of sp³-hybridized carbons (Fsp3) is 0.417. The summed E-state index contributed by atoms with van der Waals surface area (Å²) in [7, 11) is 0. The molecule has 0 aliphatic rings. The van der Waals surface area contributed by atoms with Crippen LogP contribution in [0.2, 0.25) is 0 Å². The second-order valence-electron chi connectivity index (χ2n) is 3.97. The van der Waals surface area contributed by atoms with Crippen molar-refractivity contribution in [1.29, 1.82) is 0 Å². The van der Waals surface area contributed by atoms with E-state index >= 15 is 0 Å². The SMILES string of the molecule is Cc1cc(C(C)CC(=O)O)cc(C)c1F. The van der Waals surface area contributed by atoms with E-state index in [9.17, 15) is 9.18 Å². The summed E-state index contributed by atoms with van der Waals surface area (Å²) >= 11 is 0. The fourth-order valence-electron chi connectivity index (χ4n) is 1.64. The van der Waals surface area contributed by atoms with Crippen LogP contribution in [0.15, 0.2) is 12.1 Å². The fourth-order valence-corrected chi connectivity index (χ4v) is 1.64. The Morgan fingerprint density at radius 3 is 2.27 bits per heavy atom. The van der Waals surface area contributed by atoms with Crippen molar-refractivity contribution < 1.29 is 14.3 Å². The van der Waals surface area contributed by atoms with Crippen molar-refractivity contribution in [3.63, 3.8) is 0 Å². The van der Waals surface area contributed by atoms with E-state index in [1.54, 1.807) is 26.0 Å². The lowest BCUT2D eigenvalue weighted by Gasteiger charge is -2.12. The van der Waals surface area contributed by atoms with Crippen molar-refractivity contribution in [3.05, 3.63) is 34.6 Å². The van der Waals surface area contributed by atoms with E-state index in [0.29, 0.717) is 11.1 Å². The van der Waals surface area contributed by atoms with E-state index in [1.165, 1.54) is 0 Å². The maximum Gasteiger partial charge on any atom is 0.303 e. The summed E-state index contributed by atoms with van der Waals surface area (Å²) in [6.45, 7) is 5.22. The Morgan fingerprint density at radius 1 is 1.40 bits per heavy atom. The Hall–Kier alpha value is -1.38. The highest BCUT2D eigenvalue weighted by molar-refractivity contribution is 5.68. The van der Waals surface area contributed by atoms with Crippen molar-refractivity contribution >= 4 is 5.97 Å². The zero-order valence-corrected chi connectivity index (χ0v) is 9.17. The highest BCUT2D eigenvalue weighted by atomic mass is 19.1. The minimum atomic E-state index is -0.831. The lowest BCUT2D eigenvalue weighted by atomic mass is 9.94. The van der Waals surface area contributed by atoms with Gasteiger partial charge in [-0.25, -0.2) is 4.39 Å². The van der Waals surface area contributed by atoms with Gasteiger partial charge >= 0.3 is 5.97 Å². The number of aryl methyl sites for hydroxylation is 2. The van der Waals surface area contributed by atoms with Crippen LogP contribution in [0.5, 0.6) is 0 Å². The molecule has 0 radical (unpaired) electrons. The van der Waals surface area contributed by atoms with Gasteiger partial charge in [-0.05, 0) is 36.5 Å². The molecule has 1 rings (SSSR count). The number of benzene rings is 1. The van der Waals surface area contributed by atoms with Crippen LogP contribution in [0.25, 0.3) is 0 Å². The monoisotopic (exact) mass is 210 g/mol. The largest absolute Gasteiger partial charge is 0.481 e. The number of hydrogen-bond acceptors (Lipinski definition) is 1. The molecule has 0 spiro atoms. The number of aliphatic carboxylic acids is 1. The Labute approximate surface area is 88.7 Å². The van der Waals surface area contributed by atoms with Gasteiger partial charge in [0.05, 0.1) is 6.42 Å². The topological polar surface area (TPSA) is 37.3 Å². The van der Waals surface area contributed by atoms with Crippen molar-refractivity contribution in [2.45, 2.75) is 33.1 Å². The Balaban J connectivity index is 3.00. The van der Waals surface area contributed by atoms with Gasteiger partial charge in [-0.2, -0.15) is 0 Å². The molecule has 1 N–H and O–H groups in total. The van der Waals surface area contributed by atoms with Gasteiger partial charge < -0.3 is 5.11 Å². The number of hydrogen-bond donors (Lipinski definition) is 1. The first-order chi connectivity index (χ1) is 6.91. The average Bonchev–Trinajstić information content (AvgIpc) is 2.12. The first-order valence-electron chi connectivity index (χ1n) is 4.90. The van der Waals surface area contributed by atoms with Crippen LogP contribution in [0, 0.1) is 19.7 Å². The van der Waals surface area contributed by atoms with Crippen LogP contribution in [0.3, 0.4) is 0 Å². The quantitative estimate of drug-likeness (QED) is 0.832. The third-order valence-corrected chi connectivity index (χ3v) is 2.51. The van der Waals surface area contributed by atoms with Crippen molar-refractivity contribution in [2.75, 3.05) is 0 Å². The van der Waals surface area contributed by atoms with Crippen LogP contribution in [0.1, 0.15) is 36.0 Å². The standard InChI is InChI=1S/C12H15FO2/c1-7(6-11(14)15)10-4-8(2)12(13)9(3)5-10/h4-5,7H,6H2,1-3H3,(H,14,15). The molecule has 15 heavy (non-hydrogen) atoms. The molecule has 0 amide bonds. The number of carboxylic acid groups (broad SMARTS) is 1. The van der Waals surface area contributed by atoms with E-state index in [1.807, 2.05) is 6.92 Å². The molecule has 0 aliphatic heterocycles. The first kappa shape index (κ1) is 11.7. The molecular weight excluding hydrogens is 195 g/mol. The number of carbonyl (C=O) groups is 1. The summed E-state index contributed by atoms with van der Waals surface area (Å²) in [6, 6.07) is 3.44. The zero-order valence-electron chi connectivity index (χ0n) is 9.17. The smallest absolute Gasteiger partial charge is 0.303 e. The van der Waals surface area contributed by atoms with Crippen LogP contribution >= 0.6 is 0 Å². The van der Waals surface area contributed by atoms with E-state index in [0.717, 1.165) is 5.56 Å². The third-order valence-electron chi connectivity index (χ3n) is 2.51. The van der Waals surface area contributed by atoms with Gasteiger partial charge in [0.1, 0.15) is 5.82 Å². The molecule has 1 aromatic carbocycles. The molecular formula is C12H15FO2. The second-order valence-corrected chi connectivity index (χ2v) is 3.97. The predicted molar refractivity (Wildman–Crippen MR) is 56.5 cm³/mol. The highest BCUT2D eigenvalue weighted by Crippen LogP contribution is 2.23. The molecule has 1 aromatic rings. The molecule has 0 aliphatic carbocycles. The second kappa shape index (κ2) is 4.43. The van der Waals surface area contributed by atoms with E-state index in [4.69, 9.17) is 5.11 Å². The third kappa shape index (κ3) is 2.78. The summed E-state index contributed by atoms with van der Waals surface area (Å²) in [5.41, 5.74) is 2.03. The molecule has 0 saturated carbocycles. The van der Waals surface area contributed by atoms with Crippen LogP contribution < -0.4 is 0 Å². The van der Waals surface area contributed by atoms with Crippen molar-refractivity contribution in [2.24, 2.45) is 0 Å². The number of rotatable bonds is 3. The average molecular weight is 210 g/mol. The Kier molecular flexibility index (Phi) is 3.45. The summed E-state index contributed by atoms with van der Waals surface area (Å²) in [4.78, 5) is 10.5. The molecule has 0 saturated heterocycles. The van der Waals surface area contributed by atoms with Crippen LogP contribution in [0.4, 0.5) is 4.39 Å². The lowest BCUT2D eigenvalue weighted by Crippen LogP contribution is -2.04. The number of carboxylic acids is 1. The first-order valence-corrected chi connectivity index (χ1v) is 4.90. The van der Waals surface area contributed by atoms with Gasteiger partial charge in [-0.3, -0.25) is 4.79 Å². The minimum Gasteiger partial charge on any atom is -0.481 e. The predicted octanol–water partition coefficient (Wildman–Crippen LogP) is 3.02. The van der Waals surface area contributed by atoms with E-state index < -0.39 is 5.97 Å². The Bertz CT molecular complexity index is 362. The lowest BCUT2D eigenvalue weighted by molar-refractivity contribution is -0.137. The molecule has 0 bridgehead atoms. The van der Waals surface area contributed by atoms with E-state index in [-0.39, 0.29) is 18.2 Å². The molecule has 0 aromatic heterocycles. The number of halogens is 1. The molecule has 0 fully saturated rings. The summed E-state index contributed by atoms with van der Waals surface area (Å²) < 4.78 is 13.3. The van der Waals surface area contributed by atoms with Gasteiger partial charge in [0, 0.05) is 0 Å². The van der Waals surface area contributed by atoms with Gasteiger partial charge in [-0.1, -0.05) is 19.1 Å². The normalized spacial score (nSPS) is 12.5. The summed E-state index contributed by atoms with van der Waals surface area (Å²) in [5.74, 6) is -1.12. The molecule has 2 nitrogen and oxygen atoms in total. The van der Waals surface area contributed by atoms with E-state index in [2.05, 4.69) is 0 Å². The van der Waals surface area contributed by atoms with Gasteiger partial charge in [-0.15, -0.1) is 0 Å². The molecule has 3 heteroatoms. The molecule has 0 heterocycles. The minimum absolute atomic E-state index is 0.0739. The van der Waals surface area contributed by atoms with Gasteiger partial charge in [0.15, 0.2) is 0 Å².